The predicted octanol–water partition coefficient (Wildman–Crippen LogP) is 7.28. The van der Waals surface area contributed by atoms with Gasteiger partial charge in [-0.3, -0.25) is 0 Å². The summed E-state index contributed by atoms with van der Waals surface area (Å²) in [4.78, 5) is 2.32. The van der Waals surface area contributed by atoms with Crippen LogP contribution in [-0.2, 0) is 4.74 Å². The number of rotatable bonds is 5. The van der Waals surface area contributed by atoms with Crippen LogP contribution in [0.3, 0.4) is 0 Å². The van der Waals surface area contributed by atoms with E-state index in [2.05, 4.69) is 44.4 Å². The van der Waals surface area contributed by atoms with Crippen molar-refractivity contribution in [3.63, 3.8) is 0 Å². The monoisotopic (exact) mass is 413 g/mol. The summed E-state index contributed by atoms with van der Waals surface area (Å²) in [7, 11) is 0. The summed E-state index contributed by atoms with van der Waals surface area (Å²) in [5.74, 6) is 0. The number of nitrogens with zero attached hydrogens (tertiary/aromatic N) is 5. The SMILES string of the molecule is Cc1ccc(/N=N/c2cc(C)c(/N=N/c3ccc(N4CCOCC4)cc3)cc2C)cc1. The maximum Gasteiger partial charge on any atom is 0.0890 e. The number of hydrogen-bond donors (Lipinski definition) is 0. The quantitative estimate of drug-likeness (QED) is 0.413. The van der Waals surface area contributed by atoms with Gasteiger partial charge in [0.15, 0.2) is 0 Å². The number of morpholine rings is 1. The Balaban J connectivity index is 1.46. The third kappa shape index (κ3) is 5.41. The summed E-state index contributed by atoms with van der Waals surface area (Å²) in [6.07, 6.45) is 0. The zero-order valence-electron chi connectivity index (χ0n) is 18.2. The Morgan fingerprint density at radius 3 is 1.65 bits per heavy atom. The first-order valence-corrected chi connectivity index (χ1v) is 10.5. The van der Waals surface area contributed by atoms with E-state index >= 15 is 0 Å². The molecule has 1 aliphatic heterocycles. The molecule has 6 nitrogen and oxygen atoms in total. The lowest BCUT2D eigenvalue weighted by molar-refractivity contribution is 0.122. The molecule has 0 unspecified atom stereocenters. The van der Waals surface area contributed by atoms with E-state index in [1.807, 2.05) is 62.4 Å². The topological polar surface area (TPSA) is 61.9 Å². The Morgan fingerprint density at radius 2 is 1.13 bits per heavy atom. The summed E-state index contributed by atoms with van der Waals surface area (Å²) < 4.78 is 5.42. The van der Waals surface area contributed by atoms with Crippen LogP contribution in [-0.4, -0.2) is 26.3 Å². The lowest BCUT2D eigenvalue weighted by Crippen LogP contribution is -2.36. The molecule has 0 amide bonds. The predicted molar refractivity (Wildman–Crippen MR) is 125 cm³/mol. The lowest BCUT2D eigenvalue weighted by Gasteiger charge is -2.28. The molecule has 1 fully saturated rings. The molecule has 0 N–H and O–H groups in total. The first-order valence-electron chi connectivity index (χ1n) is 10.5. The number of anilines is 1. The molecule has 0 aromatic heterocycles. The fourth-order valence-electron chi connectivity index (χ4n) is 3.39. The zero-order chi connectivity index (χ0) is 21.6. The molecule has 1 saturated heterocycles. The molecular weight excluding hydrogens is 386 g/mol. The van der Waals surface area contributed by atoms with Crippen LogP contribution in [0.4, 0.5) is 28.4 Å². The molecule has 0 aliphatic carbocycles. The van der Waals surface area contributed by atoms with Crippen LogP contribution in [0.2, 0.25) is 0 Å². The third-order valence-corrected chi connectivity index (χ3v) is 5.32. The second kappa shape index (κ2) is 9.62. The highest BCUT2D eigenvalue weighted by Crippen LogP contribution is 2.31. The van der Waals surface area contributed by atoms with Gasteiger partial charge in [-0.2, -0.15) is 20.5 Å². The van der Waals surface area contributed by atoms with E-state index in [-0.39, 0.29) is 0 Å². The highest BCUT2D eigenvalue weighted by molar-refractivity contribution is 5.59. The normalized spacial score (nSPS) is 14.6. The Kier molecular flexibility index (Phi) is 6.48. The highest BCUT2D eigenvalue weighted by atomic mass is 16.5. The van der Waals surface area contributed by atoms with Gasteiger partial charge in [-0.15, -0.1) is 0 Å². The number of ether oxygens (including phenoxy) is 1. The van der Waals surface area contributed by atoms with Gasteiger partial charge in [0.2, 0.25) is 0 Å². The van der Waals surface area contributed by atoms with E-state index in [0.717, 1.165) is 60.2 Å². The van der Waals surface area contributed by atoms with Crippen molar-refractivity contribution in [1.29, 1.82) is 0 Å². The number of benzene rings is 3. The summed E-state index contributed by atoms with van der Waals surface area (Å²) >= 11 is 0. The zero-order valence-corrected chi connectivity index (χ0v) is 18.2. The molecule has 3 aromatic carbocycles. The highest BCUT2D eigenvalue weighted by Gasteiger charge is 2.10. The molecule has 1 aliphatic rings. The van der Waals surface area contributed by atoms with Crippen LogP contribution in [0.25, 0.3) is 0 Å². The number of azo groups is 2. The van der Waals surface area contributed by atoms with Gasteiger partial charge < -0.3 is 9.64 Å². The van der Waals surface area contributed by atoms with Gasteiger partial charge in [-0.1, -0.05) is 17.7 Å². The average Bonchev–Trinajstić information content (AvgIpc) is 2.80. The van der Waals surface area contributed by atoms with E-state index in [4.69, 9.17) is 4.74 Å². The number of aryl methyl sites for hydroxylation is 3. The van der Waals surface area contributed by atoms with Crippen LogP contribution in [0.15, 0.2) is 81.1 Å². The van der Waals surface area contributed by atoms with Crippen molar-refractivity contribution < 1.29 is 4.74 Å². The van der Waals surface area contributed by atoms with Crippen molar-refractivity contribution in [3.8, 4) is 0 Å². The minimum atomic E-state index is 0.778. The van der Waals surface area contributed by atoms with Gasteiger partial charge in [0.1, 0.15) is 0 Å². The Bertz CT molecular complexity index is 1080. The van der Waals surface area contributed by atoms with Crippen LogP contribution in [0.1, 0.15) is 16.7 Å². The Morgan fingerprint density at radius 1 is 0.645 bits per heavy atom. The van der Waals surface area contributed by atoms with E-state index in [1.54, 1.807) is 0 Å². The second-order valence-corrected chi connectivity index (χ2v) is 7.78. The summed E-state index contributed by atoms with van der Waals surface area (Å²) in [5, 5.41) is 17.7. The smallest absolute Gasteiger partial charge is 0.0890 e. The molecule has 6 heteroatoms. The Hall–Kier alpha value is -3.38. The summed E-state index contributed by atoms with van der Waals surface area (Å²) in [5.41, 5.74) is 7.77. The molecule has 0 radical (unpaired) electrons. The molecule has 0 atom stereocenters. The lowest BCUT2D eigenvalue weighted by atomic mass is 10.1. The molecule has 31 heavy (non-hydrogen) atoms. The van der Waals surface area contributed by atoms with Gasteiger partial charge in [0.05, 0.1) is 36.0 Å². The van der Waals surface area contributed by atoms with E-state index in [1.165, 1.54) is 11.3 Å². The van der Waals surface area contributed by atoms with Gasteiger partial charge in [0, 0.05) is 18.8 Å². The molecule has 158 valence electrons. The van der Waals surface area contributed by atoms with Gasteiger partial charge >= 0.3 is 0 Å². The van der Waals surface area contributed by atoms with E-state index < -0.39 is 0 Å². The summed E-state index contributed by atoms with van der Waals surface area (Å²) in [6, 6.07) is 20.2. The maximum atomic E-state index is 5.42. The first kappa shape index (κ1) is 20.9. The molecular formula is C25H27N5O. The summed E-state index contributed by atoms with van der Waals surface area (Å²) in [6.45, 7) is 9.49. The standard InChI is InChI=1S/C25H27N5O/c1-18-4-6-21(7-5-18)26-28-24-16-20(3)25(17-19(24)2)29-27-22-8-10-23(11-9-22)30-12-14-31-15-13-30/h4-11,16-17H,12-15H2,1-3H3/b28-26+,29-27+. The molecule has 0 bridgehead atoms. The molecule has 3 aromatic rings. The van der Waals surface area contributed by atoms with E-state index in [9.17, 15) is 0 Å². The minimum absolute atomic E-state index is 0.778. The van der Waals surface area contributed by atoms with Crippen LogP contribution in [0.5, 0.6) is 0 Å². The fraction of sp³-hybridized carbons (Fsp3) is 0.280. The Labute approximate surface area is 183 Å². The minimum Gasteiger partial charge on any atom is -0.378 e. The molecule has 4 rings (SSSR count). The molecule has 0 spiro atoms. The van der Waals surface area contributed by atoms with Crippen molar-refractivity contribution in [3.05, 3.63) is 77.4 Å². The van der Waals surface area contributed by atoms with Crippen LogP contribution < -0.4 is 4.90 Å². The van der Waals surface area contributed by atoms with Crippen molar-refractivity contribution >= 4 is 28.4 Å². The third-order valence-electron chi connectivity index (χ3n) is 5.32. The van der Waals surface area contributed by atoms with Gasteiger partial charge in [-0.05, 0) is 80.4 Å². The van der Waals surface area contributed by atoms with Gasteiger partial charge in [0.25, 0.3) is 0 Å². The molecule has 0 saturated carbocycles. The number of hydrogen-bond acceptors (Lipinski definition) is 6. The van der Waals surface area contributed by atoms with Gasteiger partial charge in [-0.25, -0.2) is 0 Å². The van der Waals surface area contributed by atoms with Crippen LogP contribution in [0, 0.1) is 20.8 Å². The first-order chi connectivity index (χ1) is 15.1. The second-order valence-electron chi connectivity index (χ2n) is 7.78. The average molecular weight is 414 g/mol. The van der Waals surface area contributed by atoms with Crippen molar-refractivity contribution in [2.75, 3.05) is 31.2 Å². The fourth-order valence-corrected chi connectivity index (χ4v) is 3.39. The van der Waals surface area contributed by atoms with Crippen molar-refractivity contribution in [2.45, 2.75) is 20.8 Å². The van der Waals surface area contributed by atoms with E-state index in [0.29, 0.717) is 0 Å². The largest absolute Gasteiger partial charge is 0.378 e. The van der Waals surface area contributed by atoms with Crippen molar-refractivity contribution in [2.24, 2.45) is 20.5 Å². The van der Waals surface area contributed by atoms with Crippen molar-refractivity contribution in [1.82, 2.24) is 0 Å². The van der Waals surface area contributed by atoms with Crippen LogP contribution >= 0.6 is 0 Å². The maximum absolute atomic E-state index is 5.42. The molecule has 1 heterocycles.